The summed E-state index contributed by atoms with van der Waals surface area (Å²) < 4.78 is 13.2. The lowest BCUT2D eigenvalue weighted by atomic mass is 9.83. The molecule has 3 N–H and O–H groups in total. The smallest absolute Gasteiger partial charge is 0.253 e. The lowest BCUT2D eigenvalue weighted by molar-refractivity contribution is 0.0912. The number of thiocarbonyl (C=S) groups is 1. The van der Waals surface area contributed by atoms with E-state index < -0.39 is 11.4 Å². The van der Waals surface area contributed by atoms with Gasteiger partial charge in [0.2, 0.25) is 0 Å². The summed E-state index contributed by atoms with van der Waals surface area (Å²) in [7, 11) is 0. The number of hydrogen-bond donors (Lipinski definition) is 2. The lowest BCUT2D eigenvalue weighted by Crippen LogP contribution is -2.57. The Morgan fingerprint density at radius 1 is 1.24 bits per heavy atom. The molecule has 1 saturated carbocycles. The van der Waals surface area contributed by atoms with Gasteiger partial charge in [0.25, 0.3) is 5.91 Å². The van der Waals surface area contributed by atoms with Crippen LogP contribution in [0.2, 0.25) is 0 Å². The molecule has 1 aliphatic rings. The zero-order chi connectivity index (χ0) is 15.3. The lowest BCUT2D eigenvalue weighted by Gasteiger charge is -2.35. The summed E-state index contributed by atoms with van der Waals surface area (Å²) in [4.78, 5) is 16.3. The molecule has 1 aromatic rings. The Kier molecular flexibility index (Phi) is 5.22. The highest BCUT2D eigenvalue weighted by Gasteiger charge is 2.35. The molecule has 0 unspecified atom stereocenters. The number of rotatable bonds is 3. The summed E-state index contributed by atoms with van der Waals surface area (Å²) in [5, 5.41) is 2.93. The standard InChI is InChI=1S/C15H20FN3OS/c16-12-8-11(9-18-10-12)13(20)19-15(14(17)21)6-4-2-1-3-5-7-15/h8-10H,1-7H2,(H2,17,21)(H,19,20). The Hall–Kier alpha value is -1.56. The summed E-state index contributed by atoms with van der Waals surface area (Å²) in [6.45, 7) is 0. The number of nitrogens with two attached hydrogens (primary N) is 1. The maximum atomic E-state index is 13.2. The van der Waals surface area contributed by atoms with Gasteiger partial charge in [-0.15, -0.1) is 0 Å². The molecule has 0 aliphatic heterocycles. The quantitative estimate of drug-likeness (QED) is 0.842. The molecule has 0 spiro atoms. The third kappa shape index (κ3) is 3.97. The van der Waals surface area contributed by atoms with Gasteiger partial charge in [0.15, 0.2) is 0 Å². The van der Waals surface area contributed by atoms with Crippen LogP contribution in [0.1, 0.15) is 55.3 Å². The Morgan fingerprint density at radius 3 is 2.43 bits per heavy atom. The van der Waals surface area contributed by atoms with Crippen molar-refractivity contribution in [3.05, 3.63) is 29.8 Å². The van der Waals surface area contributed by atoms with E-state index in [9.17, 15) is 9.18 Å². The molecule has 1 aromatic heterocycles. The van der Waals surface area contributed by atoms with E-state index in [1.165, 1.54) is 18.7 Å². The minimum atomic E-state index is -0.668. The highest BCUT2D eigenvalue weighted by Crippen LogP contribution is 2.27. The molecule has 1 aliphatic carbocycles. The number of carbonyl (C=O) groups is 1. The summed E-state index contributed by atoms with van der Waals surface area (Å²) in [6, 6.07) is 1.17. The Labute approximate surface area is 129 Å². The van der Waals surface area contributed by atoms with Gasteiger partial charge >= 0.3 is 0 Å². The summed E-state index contributed by atoms with van der Waals surface area (Å²) in [5.41, 5.74) is 5.43. The van der Waals surface area contributed by atoms with Crippen molar-refractivity contribution in [3.63, 3.8) is 0 Å². The minimum Gasteiger partial charge on any atom is -0.391 e. The predicted molar refractivity (Wildman–Crippen MR) is 83.5 cm³/mol. The normalized spacial score (nSPS) is 18.3. The topological polar surface area (TPSA) is 68.0 Å². The summed E-state index contributed by atoms with van der Waals surface area (Å²) in [6.07, 6.45) is 9.24. The summed E-state index contributed by atoms with van der Waals surface area (Å²) in [5.74, 6) is -0.917. The van der Waals surface area contributed by atoms with Gasteiger partial charge in [0.1, 0.15) is 5.82 Å². The van der Waals surface area contributed by atoms with Gasteiger partial charge in [-0.05, 0) is 18.9 Å². The molecule has 0 aromatic carbocycles. The molecule has 114 valence electrons. The number of halogens is 1. The van der Waals surface area contributed by atoms with Crippen LogP contribution in [0.4, 0.5) is 4.39 Å². The number of amides is 1. The van der Waals surface area contributed by atoms with Crippen LogP contribution >= 0.6 is 12.2 Å². The second kappa shape index (κ2) is 6.93. The molecule has 1 fully saturated rings. The molecule has 0 bridgehead atoms. The van der Waals surface area contributed by atoms with Gasteiger partial charge in [-0.1, -0.05) is 44.3 Å². The molecule has 1 heterocycles. The number of nitrogens with zero attached hydrogens (tertiary/aromatic N) is 1. The van der Waals surface area contributed by atoms with Crippen molar-refractivity contribution in [1.82, 2.24) is 10.3 Å². The number of nitrogens with one attached hydrogen (secondary N) is 1. The van der Waals surface area contributed by atoms with Gasteiger partial charge < -0.3 is 11.1 Å². The van der Waals surface area contributed by atoms with Gasteiger partial charge in [-0.3, -0.25) is 9.78 Å². The summed E-state index contributed by atoms with van der Waals surface area (Å²) >= 11 is 5.20. The van der Waals surface area contributed by atoms with Crippen molar-refractivity contribution in [3.8, 4) is 0 Å². The van der Waals surface area contributed by atoms with Crippen molar-refractivity contribution in [1.29, 1.82) is 0 Å². The maximum Gasteiger partial charge on any atom is 0.253 e. The van der Waals surface area contributed by atoms with Gasteiger partial charge in [0, 0.05) is 6.20 Å². The molecular weight excluding hydrogens is 289 g/mol. The third-order valence-electron chi connectivity index (χ3n) is 4.00. The van der Waals surface area contributed by atoms with Gasteiger partial charge in [0.05, 0.1) is 22.3 Å². The first kappa shape index (κ1) is 15.8. The van der Waals surface area contributed by atoms with E-state index in [0.29, 0.717) is 4.99 Å². The van der Waals surface area contributed by atoms with Gasteiger partial charge in [-0.25, -0.2) is 4.39 Å². The highest BCUT2D eigenvalue weighted by molar-refractivity contribution is 7.80. The van der Waals surface area contributed by atoms with Crippen LogP contribution < -0.4 is 11.1 Å². The van der Waals surface area contributed by atoms with Crippen molar-refractivity contribution in [2.45, 2.75) is 50.5 Å². The minimum absolute atomic E-state index is 0.188. The van der Waals surface area contributed by atoms with Crippen LogP contribution in [0, 0.1) is 5.82 Å². The molecule has 0 atom stereocenters. The van der Waals surface area contributed by atoms with E-state index in [-0.39, 0.29) is 11.5 Å². The van der Waals surface area contributed by atoms with E-state index in [1.54, 1.807) is 0 Å². The average Bonchev–Trinajstić information content (AvgIpc) is 2.41. The third-order valence-corrected chi connectivity index (χ3v) is 4.39. The SMILES string of the molecule is NC(=S)C1(NC(=O)c2cncc(F)c2)CCCCCCC1. The largest absolute Gasteiger partial charge is 0.391 e. The van der Waals surface area contributed by atoms with Gasteiger partial charge in [-0.2, -0.15) is 0 Å². The molecule has 6 heteroatoms. The van der Waals surface area contributed by atoms with Crippen molar-refractivity contribution < 1.29 is 9.18 Å². The Balaban J connectivity index is 2.18. The van der Waals surface area contributed by atoms with E-state index in [1.807, 2.05) is 0 Å². The molecule has 0 saturated heterocycles. The Morgan fingerprint density at radius 2 is 1.86 bits per heavy atom. The monoisotopic (exact) mass is 309 g/mol. The first-order chi connectivity index (χ1) is 10.0. The molecule has 2 rings (SSSR count). The second-order valence-electron chi connectivity index (χ2n) is 5.56. The predicted octanol–water partition coefficient (Wildman–Crippen LogP) is 2.72. The van der Waals surface area contributed by atoms with Crippen molar-refractivity contribution in [2.75, 3.05) is 0 Å². The first-order valence-corrected chi connectivity index (χ1v) is 7.67. The van der Waals surface area contributed by atoms with Crippen LogP contribution in [-0.2, 0) is 0 Å². The second-order valence-corrected chi connectivity index (χ2v) is 6.00. The first-order valence-electron chi connectivity index (χ1n) is 7.26. The average molecular weight is 309 g/mol. The van der Waals surface area contributed by atoms with Crippen LogP contribution in [0.5, 0.6) is 0 Å². The van der Waals surface area contributed by atoms with Crippen molar-refractivity contribution in [2.24, 2.45) is 5.73 Å². The molecule has 21 heavy (non-hydrogen) atoms. The molecule has 0 radical (unpaired) electrons. The molecule has 4 nitrogen and oxygen atoms in total. The highest BCUT2D eigenvalue weighted by atomic mass is 32.1. The Bertz CT molecular complexity index is 527. The van der Waals surface area contributed by atoms with Crippen LogP contribution in [0.3, 0.4) is 0 Å². The van der Waals surface area contributed by atoms with E-state index in [2.05, 4.69) is 10.3 Å². The van der Waals surface area contributed by atoms with Crippen LogP contribution in [0.15, 0.2) is 18.5 Å². The fraction of sp³-hybridized carbons (Fsp3) is 0.533. The zero-order valence-electron chi connectivity index (χ0n) is 11.9. The number of pyridine rings is 1. The van der Waals surface area contributed by atoms with Crippen LogP contribution in [0.25, 0.3) is 0 Å². The zero-order valence-corrected chi connectivity index (χ0v) is 12.7. The number of carbonyl (C=O) groups excluding carboxylic acids is 1. The van der Waals surface area contributed by atoms with E-state index in [4.69, 9.17) is 18.0 Å². The van der Waals surface area contributed by atoms with E-state index in [0.717, 1.165) is 44.7 Å². The molecular formula is C15H20FN3OS. The molecule has 1 amide bonds. The van der Waals surface area contributed by atoms with Crippen LogP contribution in [-0.4, -0.2) is 21.4 Å². The fourth-order valence-corrected chi connectivity index (χ4v) is 3.02. The van der Waals surface area contributed by atoms with E-state index >= 15 is 0 Å². The van der Waals surface area contributed by atoms with Crippen molar-refractivity contribution >= 4 is 23.1 Å². The number of aromatic nitrogens is 1. The number of hydrogen-bond acceptors (Lipinski definition) is 3. The maximum absolute atomic E-state index is 13.2. The fourth-order valence-electron chi connectivity index (χ4n) is 2.77.